The van der Waals surface area contributed by atoms with E-state index in [1.807, 2.05) is 6.07 Å². The number of benzene rings is 1. The number of carboxylic acid groups (broad SMARTS) is 2. The smallest absolute Gasteiger partial charge is 0.336 e. The Kier molecular flexibility index (Phi) is 6.79. The molecule has 0 aromatic heterocycles. The molecule has 4 heteroatoms. The van der Waals surface area contributed by atoms with Crippen molar-refractivity contribution in [2.45, 2.75) is 89.9 Å². The largest absolute Gasteiger partial charge is 0.478 e. The van der Waals surface area contributed by atoms with Gasteiger partial charge in [-0.3, -0.25) is 0 Å². The molecule has 4 atom stereocenters. The minimum absolute atomic E-state index is 0.0458. The first kappa shape index (κ1) is 20.9. The van der Waals surface area contributed by atoms with Gasteiger partial charge in [-0.05, 0) is 66.5 Å². The molecule has 2 aliphatic carbocycles. The van der Waals surface area contributed by atoms with Crippen molar-refractivity contribution in [2.75, 3.05) is 0 Å². The molecule has 3 rings (SSSR count). The van der Waals surface area contributed by atoms with Crippen molar-refractivity contribution in [1.29, 1.82) is 0 Å². The predicted octanol–water partition coefficient (Wildman–Crippen LogP) is 6.45. The van der Waals surface area contributed by atoms with Crippen LogP contribution in [0.5, 0.6) is 0 Å². The molecule has 4 unspecified atom stereocenters. The minimum Gasteiger partial charge on any atom is -0.478 e. The van der Waals surface area contributed by atoms with E-state index in [2.05, 4.69) is 13.8 Å². The molecule has 1 aromatic carbocycles. The van der Waals surface area contributed by atoms with Gasteiger partial charge in [0.25, 0.3) is 0 Å². The van der Waals surface area contributed by atoms with Crippen LogP contribution in [0.25, 0.3) is 0 Å². The van der Waals surface area contributed by atoms with Crippen LogP contribution in [-0.4, -0.2) is 22.2 Å². The Hall–Kier alpha value is -1.84. The quantitative estimate of drug-likeness (QED) is 0.589. The van der Waals surface area contributed by atoms with Crippen LogP contribution in [0.3, 0.4) is 0 Å². The van der Waals surface area contributed by atoms with Crippen molar-refractivity contribution in [3.05, 3.63) is 34.4 Å². The number of hydrogen-bond acceptors (Lipinski definition) is 2. The highest BCUT2D eigenvalue weighted by Crippen LogP contribution is 2.48. The Labute approximate surface area is 168 Å². The van der Waals surface area contributed by atoms with Gasteiger partial charge in [0.05, 0.1) is 11.1 Å². The molecule has 0 aliphatic heterocycles. The van der Waals surface area contributed by atoms with Gasteiger partial charge in [-0.1, -0.05) is 58.4 Å². The van der Waals surface area contributed by atoms with Crippen LogP contribution in [0.15, 0.2) is 12.1 Å². The minimum atomic E-state index is -1.13. The fraction of sp³-hybridized carbons (Fsp3) is 0.667. The highest BCUT2D eigenvalue weighted by Gasteiger charge is 2.36. The SMILES string of the molecule is CCC1CCCCC1c1ccc(C(=O)O)c(C(=O)O)c1C1CCCCC1CC. The summed E-state index contributed by atoms with van der Waals surface area (Å²) in [6.07, 6.45) is 11.2. The van der Waals surface area contributed by atoms with Crippen molar-refractivity contribution >= 4 is 11.9 Å². The first-order valence-corrected chi connectivity index (χ1v) is 11.1. The van der Waals surface area contributed by atoms with Crippen molar-refractivity contribution < 1.29 is 19.8 Å². The summed E-state index contributed by atoms with van der Waals surface area (Å²) in [6, 6.07) is 3.51. The van der Waals surface area contributed by atoms with Crippen LogP contribution in [0.1, 0.15) is 122 Å². The van der Waals surface area contributed by atoms with E-state index in [-0.39, 0.29) is 17.0 Å². The van der Waals surface area contributed by atoms with Gasteiger partial charge in [0.15, 0.2) is 0 Å². The Morgan fingerprint density at radius 1 is 0.821 bits per heavy atom. The van der Waals surface area contributed by atoms with Crippen molar-refractivity contribution in [2.24, 2.45) is 11.8 Å². The lowest BCUT2D eigenvalue weighted by atomic mass is 9.66. The van der Waals surface area contributed by atoms with E-state index in [9.17, 15) is 19.8 Å². The molecule has 4 nitrogen and oxygen atoms in total. The average molecular weight is 387 g/mol. The first-order chi connectivity index (χ1) is 13.5. The van der Waals surface area contributed by atoms with E-state index >= 15 is 0 Å². The second-order valence-electron chi connectivity index (χ2n) is 8.72. The fourth-order valence-corrected chi connectivity index (χ4v) is 5.95. The molecule has 0 radical (unpaired) electrons. The van der Waals surface area contributed by atoms with Crippen molar-refractivity contribution in [3.8, 4) is 0 Å². The first-order valence-electron chi connectivity index (χ1n) is 11.1. The number of carboxylic acids is 2. The summed E-state index contributed by atoms with van der Waals surface area (Å²) in [4.78, 5) is 24.2. The average Bonchev–Trinajstić information content (AvgIpc) is 2.72. The maximum atomic E-state index is 12.3. The molecular formula is C24H34O4. The molecule has 154 valence electrons. The van der Waals surface area contributed by atoms with Gasteiger partial charge in [0, 0.05) is 0 Å². The van der Waals surface area contributed by atoms with E-state index in [4.69, 9.17) is 0 Å². The van der Waals surface area contributed by atoms with Gasteiger partial charge in [-0.2, -0.15) is 0 Å². The van der Waals surface area contributed by atoms with Crippen LogP contribution in [0.2, 0.25) is 0 Å². The zero-order valence-corrected chi connectivity index (χ0v) is 17.2. The van der Waals surface area contributed by atoms with Gasteiger partial charge in [-0.15, -0.1) is 0 Å². The van der Waals surface area contributed by atoms with Crippen LogP contribution < -0.4 is 0 Å². The summed E-state index contributed by atoms with van der Waals surface area (Å²) < 4.78 is 0. The molecule has 0 amide bonds. The number of aromatic carboxylic acids is 2. The second kappa shape index (κ2) is 9.11. The summed E-state index contributed by atoms with van der Waals surface area (Å²) in [7, 11) is 0. The van der Waals surface area contributed by atoms with Crippen molar-refractivity contribution in [1.82, 2.24) is 0 Å². The van der Waals surface area contributed by atoms with Gasteiger partial charge in [0.1, 0.15) is 0 Å². The van der Waals surface area contributed by atoms with Gasteiger partial charge >= 0.3 is 11.9 Å². The lowest BCUT2D eigenvalue weighted by Gasteiger charge is -2.38. The summed E-state index contributed by atoms with van der Waals surface area (Å²) in [5.41, 5.74) is 2.02. The number of rotatable bonds is 6. The van der Waals surface area contributed by atoms with Gasteiger partial charge in [0.2, 0.25) is 0 Å². The van der Waals surface area contributed by atoms with Crippen molar-refractivity contribution in [3.63, 3.8) is 0 Å². The number of carbonyl (C=O) groups is 2. The van der Waals surface area contributed by atoms with E-state index in [1.54, 1.807) is 6.07 Å². The standard InChI is InChI=1S/C24H34O4/c1-3-15-9-5-7-11-17(15)19-13-14-20(23(25)26)22(24(27)28)21(19)18-12-8-6-10-16(18)4-2/h13-18H,3-12H2,1-2H3,(H,25,26)(H,27,28). The zero-order chi connectivity index (χ0) is 20.3. The predicted molar refractivity (Wildman–Crippen MR) is 110 cm³/mol. The highest BCUT2D eigenvalue weighted by molar-refractivity contribution is 6.03. The molecular weight excluding hydrogens is 352 g/mol. The van der Waals surface area contributed by atoms with Crippen LogP contribution >= 0.6 is 0 Å². The Balaban J connectivity index is 2.22. The van der Waals surface area contributed by atoms with E-state index in [0.29, 0.717) is 17.8 Å². The van der Waals surface area contributed by atoms with Gasteiger partial charge in [-0.25, -0.2) is 9.59 Å². The lowest BCUT2D eigenvalue weighted by molar-refractivity contribution is 0.0648. The molecule has 0 heterocycles. The highest BCUT2D eigenvalue weighted by atomic mass is 16.4. The summed E-state index contributed by atoms with van der Waals surface area (Å²) in [5.74, 6) is -0.692. The molecule has 2 saturated carbocycles. The fourth-order valence-electron chi connectivity index (χ4n) is 5.95. The maximum absolute atomic E-state index is 12.3. The summed E-state index contributed by atoms with van der Waals surface area (Å²) >= 11 is 0. The molecule has 1 aromatic rings. The lowest BCUT2D eigenvalue weighted by Crippen LogP contribution is -2.26. The second-order valence-corrected chi connectivity index (χ2v) is 8.72. The molecule has 0 spiro atoms. The monoisotopic (exact) mass is 386 g/mol. The Morgan fingerprint density at radius 2 is 1.36 bits per heavy atom. The number of hydrogen-bond donors (Lipinski definition) is 2. The van der Waals surface area contributed by atoms with Crippen LogP contribution in [-0.2, 0) is 0 Å². The third-order valence-electron chi connectivity index (χ3n) is 7.36. The summed E-state index contributed by atoms with van der Waals surface area (Å²) in [5, 5.41) is 19.8. The molecule has 2 N–H and O–H groups in total. The van der Waals surface area contributed by atoms with E-state index in [1.165, 1.54) is 25.7 Å². The van der Waals surface area contributed by atoms with E-state index < -0.39 is 11.9 Å². The zero-order valence-electron chi connectivity index (χ0n) is 17.2. The summed E-state index contributed by atoms with van der Waals surface area (Å²) in [6.45, 7) is 4.40. The maximum Gasteiger partial charge on any atom is 0.336 e. The normalized spacial score (nSPS) is 28.1. The van der Waals surface area contributed by atoms with E-state index in [0.717, 1.165) is 49.7 Å². The topological polar surface area (TPSA) is 74.6 Å². The Morgan fingerprint density at radius 3 is 1.89 bits per heavy atom. The van der Waals surface area contributed by atoms with Gasteiger partial charge < -0.3 is 10.2 Å². The molecule has 28 heavy (non-hydrogen) atoms. The third-order valence-corrected chi connectivity index (χ3v) is 7.36. The Bertz CT molecular complexity index is 724. The molecule has 2 fully saturated rings. The van der Waals surface area contributed by atoms with Crippen LogP contribution in [0, 0.1) is 11.8 Å². The molecule has 0 bridgehead atoms. The molecule has 0 saturated heterocycles. The molecule has 2 aliphatic rings. The van der Waals surface area contributed by atoms with Crippen LogP contribution in [0.4, 0.5) is 0 Å². The third kappa shape index (κ3) is 3.97.